The predicted octanol–water partition coefficient (Wildman–Crippen LogP) is 6.89. The third-order valence-electron chi connectivity index (χ3n) is 4.69. The number of hydrogen-bond donors (Lipinski definition) is 2. The van der Waals surface area contributed by atoms with Crippen molar-refractivity contribution in [1.82, 2.24) is 5.32 Å². The van der Waals surface area contributed by atoms with Gasteiger partial charge in [0.25, 0.3) is 0 Å². The third kappa shape index (κ3) is 6.52. The van der Waals surface area contributed by atoms with Crippen molar-refractivity contribution in [3.63, 3.8) is 0 Å². The van der Waals surface area contributed by atoms with E-state index in [9.17, 15) is 9.59 Å². The van der Waals surface area contributed by atoms with Crippen LogP contribution < -0.4 is 10.6 Å². The minimum atomic E-state index is -0.715. The predicted molar refractivity (Wildman–Crippen MR) is 136 cm³/mol. The van der Waals surface area contributed by atoms with Gasteiger partial charge < -0.3 is 14.8 Å². The van der Waals surface area contributed by atoms with Crippen LogP contribution in [0.15, 0.2) is 58.5 Å². The molecule has 0 spiro atoms. The topological polar surface area (TPSA) is 76.7 Å². The summed E-state index contributed by atoms with van der Waals surface area (Å²) >= 11 is 3.09. The summed E-state index contributed by atoms with van der Waals surface area (Å²) in [6.07, 6.45) is -0.715. The summed E-state index contributed by atoms with van der Waals surface area (Å²) in [5.41, 5.74) is 2.68. The number of hydrogen-bond acceptors (Lipinski definition) is 7. The molecule has 2 N–H and O–H groups in total. The Balaban J connectivity index is 1.71. The van der Waals surface area contributed by atoms with Crippen molar-refractivity contribution >= 4 is 56.6 Å². The molecule has 1 aromatic heterocycles. The number of fused-ring (bicyclic) bond motifs is 1. The van der Waals surface area contributed by atoms with Crippen LogP contribution in [0.3, 0.4) is 0 Å². The molecule has 1 heterocycles. The fourth-order valence-electron chi connectivity index (χ4n) is 3.01. The number of thioether (sulfide) groups is 1. The van der Waals surface area contributed by atoms with Gasteiger partial charge in [-0.3, -0.25) is 5.32 Å². The van der Waals surface area contributed by atoms with Gasteiger partial charge in [-0.25, -0.2) is 9.59 Å². The quantitative estimate of drug-likeness (QED) is 0.225. The van der Waals surface area contributed by atoms with Crippen LogP contribution in [-0.2, 0) is 14.3 Å². The van der Waals surface area contributed by atoms with Gasteiger partial charge in [0, 0.05) is 20.9 Å². The Morgan fingerprint density at radius 3 is 2.39 bits per heavy atom. The Bertz CT molecular complexity index is 1190. The molecule has 0 aliphatic rings. The van der Waals surface area contributed by atoms with E-state index in [0.29, 0.717) is 0 Å². The monoisotopic (exact) mass is 484 g/mol. The number of ether oxygens (including phenoxy) is 2. The summed E-state index contributed by atoms with van der Waals surface area (Å²) in [5.74, 6) is -0.652. The maximum atomic E-state index is 12.0. The lowest BCUT2D eigenvalue weighted by atomic mass is 10.1. The van der Waals surface area contributed by atoms with Crippen molar-refractivity contribution in [3.8, 4) is 0 Å². The molecule has 3 rings (SSSR count). The summed E-state index contributed by atoms with van der Waals surface area (Å²) < 4.78 is 11.2. The van der Waals surface area contributed by atoms with Gasteiger partial charge in [0.15, 0.2) is 0 Å². The van der Waals surface area contributed by atoms with E-state index in [1.54, 1.807) is 32.1 Å². The summed E-state index contributed by atoms with van der Waals surface area (Å²) in [6, 6.07) is 14.1. The fourth-order valence-corrected chi connectivity index (χ4v) is 4.84. The Morgan fingerprint density at radius 2 is 1.76 bits per heavy atom. The molecular formula is C25H28N2O4S2. The number of rotatable bonds is 6. The number of methoxy groups -OCH3 is 1. The Morgan fingerprint density at radius 1 is 1.06 bits per heavy atom. The number of carbonyl (C=O) groups is 2. The summed E-state index contributed by atoms with van der Waals surface area (Å²) in [6.45, 7) is 9.54. The van der Waals surface area contributed by atoms with Crippen molar-refractivity contribution in [2.24, 2.45) is 0 Å². The number of carbonyl (C=O) groups excluding carboxylic acids is 2. The molecule has 8 heteroatoms. The minimum absolute atomic E-state index is 0.00839. The molecule has 0 unspecified atom stereocenters. The van der Waals surface area contributed by atoms with E-state index in [1.807, 2.05) is 24.3 Å². The zero-order chi connectivity index (χ0) is 24.2. The van der Waals surface area contributed by atoms with Crippen LogP contribution in [0.5, 0.6) is 0 Å². The van der Waals surface area contributed by atoms with Gasteiger partial charge >= 0.3 is 12.1 Å². The van der Waals surface area contributed by atoms with Gasteiger partial charge in [-0.05, 0) is 75.9 Å². The van der Waals surface area contributed by atoms with Gasteiger partial charge in [-0.2, -0.15) is 0 Å². The zero-order valence-corrected chi connectivity index (χ0v) is 21.2. The molecule has 33 heavy (non-hydrogen) atoms. The van der Waals surface area contributed by atoms with Crippen LogP contribution in [0.2, 0.25) is 0 Å². The maximum Gasteiger partial charge on any atom is 0.412 e. The standard InChI is InChI=1S/C25H28N2O4S2/c1-15-16(2)33-22-19(15)8-7-9-20(22)26-17-10-12-18(13-11-17)32-14-21(23(28)30-6)27-24(29)31-25(3,4)5/h7-14,26H,1-6H3,(H,27,29)/b21-14+. The van der Waals surface area contributed by atoms with Gasteiger partial charge in [0.2, 0.25) is 0 Å². The lowest BCUT2D eigenvalue weighted by molar-refractivity contribution is -0.136. The number of thiophene rings is 1. The normalized spacial score (nSPS) is 11.9. The first-order chi connectivity index (χ1) is 15.6. The molecule has 0 radical (unpaired) electrons. The van der Waals surface area contributed by atoms with Crippen molar-refractivity contribution in [2.45, 2.75) is 45.1 Å². The van der Waals surface area contributed by atoms with Crippen molar-refractivity contribution in [2.75, 3.05) is 12.4 Å². The van der Waals surface area contributed by atoms with Crippen molar-refractivity contribution < 1.29 is 19.1 Å². The summed E-state index contributed by atoms with van der Waals surface area (Å²) in [7, 11) is 1.26. The number of anilines is 2. The molecule has 0 atom stereocenters. The largest absolute Gasteiger partial charge is 0.464 e. The molecule has 1 amide bonds. The van der Waals surface area contributed by atoms with Gasteiger partial charge in [0.1, 0.15) is 11.3 Å². The second kappa shape index (κ2) is 10.3. The first-order valence-corrected chi connectivity index (χ1v) is 12.1. The molecule has 0 saturated heterocycles. The number of alkyl carbamates (subject to hydrolysis) is 1. The molecule has 0 fully saturated rings. The molecule has 0 aliphatic heterocycles. The fraction of sp³-hybridized carbons (Fsp3) is 0.280. The Labute approximate surface area is 202 Å². The number of aryl methyl sites for hydroxylation is 2. The highest BCUT2D eigenvalue weighted by Crippen LogP contribution is 2.36. The molecule has 0 bridgehead atoms. The molecule has 0 saturated carbocycles. The van der Waals surface area contributed by atoms with Gasteiger partial charge in [-0.1, -0.05) is 23.9 Å². The highest BCUT2D eigenvalue weighted by atomic mass is 32.2. The van der Waals surface area contributed by atoms with Crippen LogP contribution in [0.25, 0.3) is 10.1 Å². The van der Waals surface area contributed by atoms with Crippen LogP contribution in [0.1, 0.15) is 31.2 Å². The SMILES string of the molecule is COC(=O)/C(=C\Sc1ccc(Nc2cccc3c(C)c(C)sc23)cc1)NC(=O)OC(C)(C)C. The van der Waals surface area contributed by atoms with Crippen LogP contribution in [-0.4, -0.2) is 24.8 Å². The van der Waals surface area contributed by atoms with Crippen molar-refractivity contribution in [3.05, 3.63) is 64.0 Å². The Kier molecular flexibility index (Phi) is 7.71. The van der Waals surface area contributed by atoms with E-state index in [-0.39, 0.29) is 5.70 Å². The molecule has 174 valence electrons. The lowest BCUT2D eigenvalue weighted by Crippen LogP contribution is -2.34. The first kappa shape index (κ1) is 24.7. The number of esters is 1. The number of amides is 1. The second-order valence-corrected chi connectivity index (χ2v) is 10.6. The molecule has 2 aromatic carbocycles. The average Bonchev–Trinajstić information content (AvgIpc) is 3.05. The van der Waals surface area contributed by atoms with E-state index >= 15 is 0 Å². The second-order valence-electron chi connectivity index (χ2n) is 8.38. The van der Waals surface area contributed by atoms with Crippen molar-refractivity contribution in [1.29, 1.82) is 0 Å². The lowest BCUT2D eigenvalue weighted by Gasteiger charge is -2.20. The molecule has 0 aliphatic carbocycles. The van der Waals surface area contributed by atoms with Crippen LogP contribution in [0.4, 0.5) is 16.2 Å². The number of nitrogens with one attached hydrogen (secondary N) is 2. The van der Waals surface area contributed by atoms with E-state index in [0.717, 1.165) is 16.3 Å². The molecular weight excluding hydrogens is 456 g/mol. The smallest absolute Gasteiger partial charge is 0.412 e. The van der Waals surface area contributed by atoms with Gasteiger partial charge in [0.05, 0.1) is 17.5 Å². The van der Waals surface area contributed by atoms with E-state index in [4.69, 9.17) is 9.47 Å². The van der Waals surface area contributed by atoms with E-state index in [2.05, 4.69) is 42.7 Å². The third-order valence-corrected chi connectivity index (χ3v) is 6.84. The highest BCUT2D eigenvalue weighted by Gasteiger charge is 2.20. The summed E-state index contributed by atoms with van der Waals surface area (Å²) in [5, 5.41) is 8.76. The van der Waals surface area contributed by atoms with Crippen LogP contribution in [0, 0.1) is 13.8 Å². The minimum Gasteiger partial charge on any atom is -0.464 e. The first-order valence-electron chi connectivity index (χ1n) is 10.4. The molecule has 6 nitrogen and oxygen atoms in total. The molecule has 3 aromatic rings. The number of benzene rings is 2. The summed E-state index contributed by atoms with van der Waals surface area (Å²) in [4.78, 5) is 26.3. The average molecular weight is 485 g/mol. The maximum absolute atomic E-state index is 12.0. The Hall–Kier alpha value is -2.97. The zero-order valence-electron chi connectivity index (χ0n) is 19.6. The van der Waals surface area contributed by atoms with E-state index in [1.165, 1.54) is 44.8 Å². The van der Waals surface area contributed by atoms with Gasteiger partial charge in [-0.15, -0.1) is 11.3 Å². The highest BCUT2D eigenvalue weighted by molar-refractivity contribution is 8.02. The van der Waals surface area contributed by atoms with E-state index < -0.39 is 17.7 Å². The van der Waals surface area contributed by atoms with Crippen LogP contribution >= 0.6 is 23.1 Å².